The van der Waals surface area contributed by atoms with Crippen LogP contribution in [0.4, 0.5) is 0 Å². The van der Waals surface area contributed by atoms with Crippen LogP contribution in [0.15, 0.2) is 29.6 Å². The van der Waals surface area contributed by atoms with Gasteiger partial charge in [-0.3, -0.25) is 0 Å². The highest BCUT2D eigenvalue weighted by atomic mass is 32.1. The minimum absolute atomic E-state index is 0.547. The maximum Gasteiger partial charge on any atom is 0.0510 e. The topological polar surface area (TPSA) is 21.3 Å². The van der Waals surface area contributed by atoms with Gasteiger partial charge >= 0.3 is 0 Å². The van der Waals surface area contributed by atoms with Gasteiger partial charge in [-0.2, -0.15) is 0 Å². The van der Waals surface area contributed by atoms with Crippen molar-refractivity contribution in [2.75, 3.05) is 19.8 Å². The Bertz CT molecular complexity index is 530. The standard InChI is InChI=1S/C16H21NOS/c1-2-17-15(12-7-8-18-10-12)9-13-11-19-16-6-4-3-5-14(13)16/h3-6,11-12,15,17H,2,7-10H2,1H3. The molecule has 2 heterocycles. The highest BCUT2D eigenvalue weighted by Gasteiger charge is 2.25. The molecule has 0 aliphatic carbocycles. The quantitative estimate of drug-likeness (QED) is 0.902. The SMILES string of the molecule is CCNC(Cc1csc2ccccc12)C1CCOC1. The summed E-state index contributed by atoms with van der Waals surface area (Å²) < 4.78 is 6.95. The number of fused-ring (bicyclic) bond motifs is 1. The van der Waals surface area contributed by atoms with Gasteiger partial charge in [-0.25, -0.2) is 0 Å². The van der Waals surface area contributed by atoms with Gasteiger partial charge in [0.2, 0.25) is 0 Å². The lowest BCUT2D eigenvalue weighted by atomic mass is 9.92. The van der Waals surface area contributed by atoms with Crippen molar-refractivity contribution in [1.29, 1.82) is 0 Å². The first-order valence-corrected chi connectivity index (χ1v) is 8.02. The van der Waals surface area contributed by atoms with E-state index in [1.165, 1.54) is 22.1 Å². The summed E-state index contributed by atoms with van der Waals surface area (Å²) in [6, 6.07) is 9.26. The molecule has 2 aromatic rings. The van der Waals surface area contributed by atoms with E-state index in [2.05, 4.69) is 41.9 Å². The molecule has 0 spiro atoms. The van der Waals surface area contributed by atoms with Crippen LogP contribution in [-0.4, -0.2) is 25.8 Å². The summed E-state index contributed by atoms with van der Waals surface area (Å²) in [5.41, 5.74) is 1.48. The lowest BCUT2D eigenvalue weighted by Crippen LogP contribution is -2.38. The number of thiophene rings is 1. The molecule has 3 heteroatoms. The van der Waals surface area contributed by atoms with E-state index < -0.39 is 0 Å². The zero-order valence-electron chi connectivity index (χ0n) is 11.4. The number of rotatable bonds is 5. The van der Waals surface area contributed by atoms with Crippen LogP contribution in [0.2, 0.25) is 0 Å². The Morgan fingerprint density at radius 2 is 2.32 bits per heavy atom. The van der Waals surface area contributed by atoms with Gasteiger partial charge < -0.3 is 10.1 Å². The van der Waals surface area contributed by atoms with Gasteiger partial charge in [-0.15, -0.1) is 11.3 Å². The third-order valence-electron chi connectivity index (χ3n) is 4.00. The Kier molecular flexibility index (Phi) is 4.16. The molecule has 102 valence electrons. The van der Waals surface area contributed by atoms with E-state index in [4.69, 9.17) is 4.74 Å². The van der Waals surface area contributed by atoms with Crippen molar-refractivity contribution in [3.63, 3.8) is 0 Å². The first kappa shape index (κ1) is 13.1. The van der Waals surface area contributed by atoms with Gasteiger partial charge in [0.1, 0.15) is 0 Å². The molecule has 0 radical (unpaired) electrons. The summed E-state index contributed by atoms with van der Waals surface area (Å²) in [5, 5.41) is 7.40. The number of benzene rings is 1. The van der Waals surface area contributed by atoms with Crippen molar-refractivity contribution >= 4 is 21.4 Å². The van der Waals surface area contributed by atoms with E-state index in [9.17, 15) is 0 Å². The first-order chi connectivity index (χ1) is 9.38. The fourth-order valence-corrected chi connectivity index (χ4v) is 3.94. The van der Waals surface area contributed by atoms with Crippen molar-refractivity contribution < 1.29 is 4.74 Å². The molecule has 2 atom stereocenters. The van der Waals surface area contributed by atoms with E-state index in [1.807, 2.05) is 11.3 Å². The number of ether oxygens (including phenoxy) is 1. The number of likely N-dealkylation sites (N-methyl/N-ethyl adjacent to an activating group) is 1. The van der Waals surface area contributed by atoms with Gasteiger partial charge in [0.25, 0.3) is 0 Å². The Morgan fingerprint density at radius 1 is 1.42 bits per heavy atom. The molecule has 1 aliphatic heterocycles. The van der Waals surface area contributed by atoms with Crippen molar-refractivity contribution in [3.05, 3.63) is 35.2 Å². The number of hydrogen-bond donors (Lipinski definition) is 1. The molecule has 0 amide bonds. The summed E-state index contributed by atoms with van der Waals surface area (Å²) in [5.74, 6) is 0.665. The second kappa shape index (κ2) is 6.04. The summed E-state index contributed by atoms with van der Waals surface area (Å²) in [7, 11) is 0. The van der Waals surface area contributed by atoms with Crippen LogP contribution >= 0.6 is 11.3 Å². The second-order valence-corrected chi connectivity index (χ2v) is 6.16. The minimum Gasteiger partial charge on any atom is -0.381 e. The third kappa shape index (κ3) is 2.83. The van der Waals surface area contributed by atoms with Crippen molar-refractivity contribution in [2.45, 2.75) is 25.8 Å². The van der Waals surface area contributed by atoms with Crippen LogP contribution in [0.5, 0.6) is 0 Å². The van der Waals surface area contributed by atoms with Crippen LogP contribution in [0, 0.1) is 5.92 Å². The molecular formula is C16H21NOS. The molecule has 1 aromatic carbocycles. The summed E-state index contributed by atoms with van der Waals surface area (Å²) >= 11 is 1.86. The van der Waals surface area contributed by atoms with Gasteiger partial charge in [-0.1, -0.05) is 25.1 Å². The Hall–Kier alpha value is -0.900. The maximum absolute atomic E-state index is 5.55. The highest BCUT2D eigenvalue weighted by Crippen LogP contribution is 2.28. The Morgan fingerprint density at radius 3 is 3.11 bits per heavy atom. The van der Waals surface area contributed by atoms with Gasteiger partial charge in [-0.05, 0) is 41.8 Å². The average molecular weight is 275 g/mol. The third-order valence-corrected chi connectivity index (χ3v) is 5.01. The number of nitrogens with one attached hydrogen (secondary N) is 1. The monoisotopic (exact) mass is 275 g/mol. The zero-order valence-corrected chi connectivity index (χ0v) is 12.2. The van der Waals surface area contributed by atoms with Gasteiger partial charge in [0.15, 0.2) is 0 Å². The van der Waals surface area contributed by atoms with E-state index >= 15 is 0 Å². The van der Waals surface area contributed by atoms with Crippen LogP contribution in [0.25, 0.3) is 10.1 Å². The predicted octanol–water partition coefficient (Wildman–Crippen LogP) is 3.46. The Labute approximate surface area is 118 Å². The molecule has 1 aromatic heterocycles. The van der Waals surface area contributed by atoms with E-state index in [-0.39, 0.29) is 0 Å². The summed E-state index contributed by atoms with van der Waals surface area (Å²) in [4.78, 5) is 0. The van der Waals surface area contributed by atoms with Crippen LogP contribution in [0.3, 0.4) is 0 Å². The second-order valence-electron chi connectivity index (χ2n) is 5.25. The molecule has 1 saturated heterocycles. The highest BCUT2D eigenvalue weighted by molar-refractivity contribution is 7.17. The maximum atomic E-state index is 5.55. The van der Waals surface area contributed by atoms with E-state index in [1.54, 1.807) is 0 Å². The predicted molar refractivity (Wildman–Crippen MR) is 81.9 cm³/mol. The van der Waals surface area contributed by atoms with Crippen molar-refractivity contribution in [3.8, 4) is 0 Å². The molecule has 2 unspecified atom stereocenters. The largest absolute Gasteiger partial charge is 0.381 e. The van der Waals surface area contributed by atoms with E-state index in [0.29, 0.717) is 12.0 Å². The smallest absolute Gasteiger partial charge is 0.0510 e. The van der Waals surface area contributed by atoms with Crippen molar-refractivity contribution in [2.24, 2.45) is 5.92 Å². The molecule has 2 nitrogen and oxygen atoms in total. The van der Waals surface area contributed by atoms with Crippen LogP contribution < -0.4 is 5.32 Å². The molecule has 0 saturated carbocycles. The first-order valence-electron chi connectivity index (χ1n) is 7.14. The minimum atomic E-state index is 0.547. The average Bonchev–Trinajstić information content (AvgIpc) is 3.08. The summed E-state index contributed by atoms with van der Waals surface area (Å²) in [6.07, 6.45) is 2.31. The number of hydrogen-bond acceptors (Lipinski definition) is 3. The molecule has 19 heavy (non-hydrogen) atoms. The molecular weight excluding hydrogens is 254 g/mol. The summed E-state index contributed by atoms with van der Waals surface area (Å²) in [6.45, 7) is 5.06. The van der Waals surface area contributed by atoms with Crippen LogP contribution in [0.1, 0.15) is 18.9 Å². The molecule has 1 aliphatic rings. The van der Waals surface area contributed by atoms with Gasteiger partial charge in [0.05, 0.1) is 6.61 Å². The fourth-order valence-electron chi connectivity index (χ4n) is 2.97. The lowest BCUT2D eigenvalue weighted by Gasteiger charge is -2.23. The fraction of sp³-hybridized carbons (Fsp3) is 0.500. The van der Waals surface area contributed by atoms with E-state index in [0.717, 1.165) is 26.2 Å². The lowest BCUT2D eigenvalue weighted by molar-refractivity contribution is 0.176. The van der Waals surface area contributed by atoms with Crippen LogP contribution in [-0.2, 0) is 11.2 Å². The van der Waals surface area contributed by atoms with Gasteiger partial charge in [0, 0.05) is 23.3 Å². The molecule has 3 rings (SSSR count). The van der Waals surface area contributed by atoms with Crippen molar-refractivity contribution in [1.82, 2.24) is 5.32 Å². The normalized spacial score (nSPS) is 21.0. The molecule has 1 fully saturated rings. The zero-order chi connectivity index (χ0) is 13.1. The molecule has 1 N–H and O–H groups in total. The Balaban J connectivity index is 1.80. The molecule has 0 bridgehead atoms.